The van der Waals surface area contributed by atoms with Gasteiger partial charge in [-0.15, -0.1) is 24.8 Å². The molecule has 3 N–H and O–H groups in total. The molecule has 4 aliphatic heterocycles. The molecule has 0 spiro atoms. The van der Waals surface area contributed by atoms with Crippen LogP contribution in [0.1, 0.15) is 95.1 Å². The molecule has 4 aliphatic rings. The van der Waals surface area contributed by atoms with Crippen molar-refractivity contribution in [2.24, 2.45) is 0 Å². The van der Waals surface area contributed by atoms with Crippen molar-refractivity contribution in [2.75, 3.05) is 63.2 Å². The van der Waals surface area contributed by atoms with Crippen molar-refractivity contribution >= 4 is 63.8 Å². The smallest absolute Gasteiger partial charge is 0.410 e. The molecule has 0 aromatic heterocycles. The lowest BCUT2D eigenvalue weighted by atomic mass is 9.86. The SMILES string of the molecule is CC(C)(C)OC(=O)N1CCC(c2ccc(NC3CCOCC3)c3ccccc23)CC1.Cl.Cl.c1ccc2c(C3CCNCC3)ccc(NC3CCOCC3)c2c1. The summed E-state index contributed by atoms with van der Waals surface area (Å²) < 4.78 is 16.5. The number of rotatable bonds is 6. The van der Waals surface area contributed by atoms with Gasteiger partial charge in [0.1, 0.15) is 5.60 Å². The third-order valence-corrected chi connectivity index (χ3v) is 11.4. The summed E-state index contributed by atoms with van der Waals surface area (Å²) in [7, 11) is 0. The number of hydrogen-bond acceptors (Lipinski definition) is 7. The van der Waals surface area contributed by atoms with Crippen LogP contribution in [-0.2, 0) is 14.2 Å². The van der Waals surface area contributed by atoms with Crippen molar-refractivity contribution in [2.45, 2.75) is 102 Å². The molecule has 4 heterocycles. The molecule has 1 amide bonds. The van der Waals surface area contributed by atoms with Gasteiger partial charge in [0.25, 0.3) is 0 Å². The quantitative estimate of drug-likeness (QED) is 0.179. The van der Waals surface area contributed by atoms with Crippen LogP contribution in [0.4, 0.5) is 16.2 Å². The van der Waals surface area contributed by atoms with Crippen LogP contribution in [-0.4, -0.2) is 81.3 Å². The number of hydrogen-bond donors (Lipinski definition) is 3. The molecule has 0 radical (unpaired) electrons. The van der Waals surface area contributed by atoms with E-state index in [1.165, 1.54) is 56.9 Å². The van der Waals surface area contributed by atoms with Gasteiger partial charge in [0.2, 0.25) is 0 Å². The molecule has 4 saturated heterocycles. The molecule has 10 heteroatoms. The Bertz CT molecular complexity index is 1810. The molecule has 0 atom stereocenters. The highest BCUT2D eigenvalue weighted by Crippen LogP contribution is 2.38. The van der Waals surface area contributed by atoms with Gasteiger partial charge in [-0.3, -0.25) is 0 Å². The minimum atomic E-state index is -0.447. The van der Waals surface area contributed by atoms with Crippen LogP contribution in [0.5, 0.6) is 0 Å². The number of anilines is 2. The summed E-state index contributed by atoms with van der Waals surface area (Å²) in [5.41, 5.74) is 4.97. The molecule has 4 aromatic rings. The Hall–Kier alpha value is -3.27. The fourth-order valence-corrected chi connectivity index (χ4v) is 8.56. The first-order chi connectivity index (χ1) is 25.8. The number of likely N-dealkylation sites (tertiary alicyclic amines) is 1. The summed E-state index contributed by atoms with van der Waals surface area (Å²) >= 11 is 0. The van der Waals surface area contributed by atoms with Gasteiger partial charge in [0.15, 0.2) is 0 Å². The number of benzene rings is 4. The van der Waals surface area contributed by atoms with Crippen LogP contribution in [0, 0.1) is 0 Å². The van der Waals surface area contributed by atoms with E-state index >= 15 is 0 Å². The average molecular weight is 794 g/mol. The van der Waals surface area contributed by atoms with E-state index in [1.807, 2.05) is 25.7 Å². The summed E-state index contributed by atoms with van der Waals surface area (Å²) in [4.78, 5) is 14.2. The number of nitrogens with one attached hydrogen (secondary N) is 3. The highest BCUT2D eigenvalue weighted by atomic mass is 35.5. The van der Waals surface area contributed by atoms with Gasteiger partial charge in [0.05, 0.1) is 0 Å². The topological polar surface area (TPSA) is 84.1 Å². The fourth-order valence-electron chi connectivity index (χ4n) is 8.56. The number of carbonyl (C=O) groups is 1. The van der Waals surface area contributed by atoms with E-state index in [0.29, 0.717) is 23.9 Å². The molecule has 0 unspecified atom stereocenters. The molecule has 0 aliphatic carbocycles. The molecule has 4 fully saturated rings. The lowest BCUT2D eigenvalue weighted by molar-refractivity contribution is 0.0205. The van der Waals surface area contributed by atoms with E-state index in [0.717, 1.165) is 91.1 Å². The predicted molar refractivity (Wildman–Crippen MR) is 232 cm³/mol. The van der Waals surface area contributed by atoms with Crippen LogP contribution >= 0.6 is 24.8 Å². The first-order valence-electron chi connectivity index (χ1n) is 20.2. The molecule has 0 bridgehead atoms. The van der Waals surface area contributed by atoms with Gasteiger partial charge in [-0.1, -0.05) is 60.7 Å². The van der Waals surface area contributed by atoms with Crippen molar-refractivity contribution in [3.8, 4) is 0 Å². The van der Waals surface area contributed by atoms with E-state index in [9.17, 15) is 4.79 Å². The highest BCUT2D eigenvalue weighted by Gasteiger charge is 2.29. The Balaban J connectivity index is 0.000000210. The van der Waals surface area contributed by atoms with Crippen LogP contribution in [0.3, 0.4) is 0 Å². The average Bonchev–Trinajstić information content (AvgIpc) is 3.19. The second-order valence-electron chi connectivity index (χ2n) is 16.3. The zero-order chi connectivity index (χ0) is 36.6. The zero-order valence-electron chi connectivity index (χ0n) is 32.9. The number of ether oxygens (including phenoxy) is 3. The number of nitrogens with zero attached hydrogens (tertiary/aromatic N) is 1. The summed E-state index contributed by atoms with van der Waals surface area (Å²) in [6.45, 7) is 13.0. The number of piperidine rings is 2. The third-order valence-electron chi connectivity index (χ3n) is 11.4. The summed E-state index contributed by atoms with van der Waals surface area (Å²) in [5, 5.41) is 16.4. The minimum absolute atomic E-state index is 0. The van der Waals surface area contributed by atoms with Gasteiger partial charge in [-0.05, 0) is 131 Å². The first kappa shape index (κ1) is 42.9. The zero-order valence-corrected chi connectivity index (χ0v) is 34.6. The Morgan fingerprint density at radius 2 is 1.04 bits per heavy atom. The van der Waals surface area contributed by atoms with Gasteiger partial charge >= 0.3 is 6.09 Å². The Kier molecular flexibility index (Phi) is 15.8. The molecule has 8 rings (SSSR count). The number of amides is 1. The van der Waals surface area contributed by atoms with Gasteiger partial charge in [-0.25, -0.2) is 4.79 Å². The summed E-state index contributed by atoms with van der Waals surface area (Å²) in [6.07, 6.45) is 8.55. The Morgan fingerprint density at radius 1 is 0.618 bits per heavy atom. The Labute approximate surface area is 340 Å². The Morgan fingerprint density at radius 3 is 1.47 bits per heavy atom. The molecule has 300 valence electrons. The highest BCUT2D eigenvalue weighted by molar-refractivity contribution is 5.97. The first-order valence-corrected chi connectivity index (χ1v) is 20.2. The van der Waals surface area contributed by atoms with Crippen LogP contribution < -0.4 is 16.0 Å². The maximum absolute atomic E-state index is 12.4. The molecule has 55 heavy (non-hydrogen) atoms. The number of halogens is 2. The van der Waals surface area contributed by atoms with Gasteiger partial charge in [0, 0.05) is 73.7 Å². The monoisotopic (exact) mass is 792 g/mol. The lowest BCUT2D eigenvalue weighted by Crippen LogP contribution is -2.41. The van der Waals surface area contributed by atoms with E-state index in [2.05, 4.69) is 88.7 Å². The number of fused-ring (bicyclic) bond motifs is 2. The van der Waals surface area contributed by atoms with E-state index in [-0.39, 0.29) is 30.9 Å². The van der Waals surface area contributed by atoms with E-state index in [1.54, 1.807) is 0 Å². The third kappa shape index (κ3) is 11.2. The maximum atomic E-state index is 12.4. The normalized spacial score (nSPS) is 19.1. The van der Waals surface area contributed by atoms with Crippen LogP contribution in [0.15, 0.2) is 72.8 Å². The summed E-state index contributed by atoms with van der Waals surface area (Å²) in [5.74, 6) is 1.16. The predicted octanol–water partition coefficient (Wildman–Crippen LogP) is 10.3. The van der Waals surface area contributed by atoms with Crippen molar-refractivity contribution in [1.29, 1.82) is 0 Å². The van der Waals surface area contributed by atoms with Crippen LogP contribution in [0.25, 0.3) is 21.5 Å². The summed E-state index contributed by atoms with van der Waals surface area (Å²) in [6, 6.07) is 27.8. The van der Waals surface area contributed by atoms with Crippen molar-refractivity contribution in [1.82, 2.24) is 10.2 Å². The molecule has 8 nitrogen and oxygen atoms in total. The van der Waals surface area contributed by atoms with E-state index < -0.39 is 5.60 Å². The largest absolute Gasteiger partial charge is 0.444 e. The van der Waals surface area contributed by atoms with E-state index in [4.69, 9.17) is 14.2 Å². The molecule has 0 saturated carbocycles. The molecular formula is C45H62Cl2N4O4. The maximum Gasteiger partial charge on any atom is 0.410 e. The lowest BCUT2D eigenvalue weighted by Gasteiger charge is -2.34. The van der Waals surface area contributed by atoms with Gasteiger partial charge in [-0.2, -0.15) is 0 Å². The number of carbonyl (C=O) groups excluding carboxylic acids is 1. The van der Waals surface area contributed by atoms with Crippen molar-refractivity contribution in [3.05, 3.63) is 83.9 Å². The van der Waals surface area contributed by atoms with Gasteiger partial charge < -0.3 is 35.1 Å². The second kappa shape index (κ2) is 20.2. The molecule has 4 aromatic carbocycles. The fraction of sp³-hybridized carbons (Fsp3) is 0.533. The standard InChI is InChI=1S/C25H34N2O3.C20H26N2O.2ClH/c1-25(2,3)30-24(28)27-14-10-18(11-15-27)20-8-9-23(22-7-5-4-6-21(20)22)26-19-12-16-29-17-13-19;1-2-4-19-18(3-1)17(15-7-11-21-12-8-15)5-6-20(19)22-16-9-13-23-14-10-16;;/h4-9,18-19,26H,10-17H2,1-3H3;1-6,15-16,21-22H,7-14H2;2*1H. The van der Waals surface area contributed by atoms with Crippen molar-refractivity contribution in [3.63, 3.8) is 0 Å². The van der Waals surface area contributed by atoms with Crippen LogP contribution in [0.2, 0.25) is 0 Å². The minimum Gasteiger partial charge on any atom is -0.444 e. The second-order valence-corrected chi connectivity index (χ2v) is 16.3. The van der Waals surface area contributed by atoms with Crippen molar-refractivity contribution < 1.29 is 19.0 Å². The molecular weight excluding hydrogens is 731 g/mol.